The molecule has 0 radical (unpaired) electrons. The average molecular weight is 224 g/mol. The van der Waals surface area contributed by atoms with E-state index in [0.717, 1.165) is 6.54 Å². The zero-order valence-electron chi connectivity index (χ0n) is 10.1. The Hall–Kier alpha value is -0.830. The summed E-state index contributed by atoms with van der Waals surface area (Å²) in [7, 11) is 0. The predicted molar refractivity (Wildman–Crippen MR) is 67.3 cm³/mol. The minimum Gasteiger partial charge on any atom is -0.353 e. The molecule has 0 saturated heterocycles. The minimum absolute atomic E-state index is 0.112. The van der Waals surface area contributed by atoms with Crippen molar-refractivity contribution in [3.05, 3.63) is 12.7 Å². The Bertz CT molecular complexity index is 208. The van der Waals surface area contributed by atoms with Crippen molar-refractivity contribution in [1.82, 2.24) is 10.6 Å². The quantitative estimate of drug-likeness (QED) is 0.535. The van der Waals surface area contributed by atoms with Crippen molar-refractivity contribution in [2.45, 2.75) is 51.0 Å². The Morgan fingerprint density at radius 2 is 1.94 bits per heavy atom. The summed E-state index contributed by atoms with van der Waals surface area (Å²) in [5.41, 5.74) is 0. The molecule has 1 aliphatic rings. The summed E-state index contributed by atoms with van der Waals surface area (Å²) < 4.78 is 0. The van der Waals surface area contributed by atoms with Crippen molar-refractivity contribution in [3.8, 4) is 0 Å². The number of hydrogen-bond donors (Lipinski definition) is 2. The predicted octanol–water partition coefficient (Wildman–Crippen LogP) is 1.99. The number of carbonyl (C=O) groups is 1. The Morgan fingerprint density at radius 3 is 2.56 bits per heavy atom. The van der Waals surface area contributed by atoms with Gasteiger partial charge in [-0.15, -0.1) is 6.58 Å². The van der Waals surface area contributed by atoms with Crippen LogP contribution in [0.5, 0.6) is 0 Å². The van der Waals surface area contributed by atoms with Gasteiger partial charge < -0.3 is 10.6 Å². The first-order chi connectivity index (χ1) is 7.83. The zero-order valence-corrected chi connectivity index (χ0v) is 10.1. The molecule has 0 spiro atoms. The van der Waals surface area contributed by atoms with Crippen LogP contribution in [0.25, 0.3) is 0 Å². The van der Waals surface area contributed by atoms with E-state index in [0.29, 0.717) is 19.0 Å². The van der Waals surface area contributed by atoms with Crippen molar-refractivity contribution in [2.24, 2.45) is 0 Å². The smallest absolute Gasteiger partial charge is 0.221 e. The third kappa shape index (κ3) is 5.91. The summed E-state index contributed by atoms with van der Waals surface area (Å²) in [6.45, 7) is 4.94. The number of rotatable bonds is 6. The molecule has 1 rings (SSSR count). The molecule has 3 heteroatoms. The molecule has 1 aliphatic carbocycles. The maximum Gasteiger partial charge on any atom is 0.221 e. The first kappa shape index (κ1) is 13.2. The molecule has 0 bridgehead atoms. The molecule has 0 heterocycles. The summed E-state index contributed by atoms with van der Waals surface area (Å²) in [5, 5.41) is 6.27. The van der Waals surface area contributed by atoms with Crippen LogP contribution in [-0.2, 0) is 4.79 Å². The Labute approximate surface area is 98.7 Å². The molecule has 0 aromatic carbocycles. The van der Waals surface area contributed by atoms with E-state index in [9.17, 15) is 4.79 Å². The van der Waals surface area contributed by atoms with E-state index in [1.165, 1.54) is 38.5 Å². The topological polar surface area (TPSA) is 41.1 Å². The SMILES string of the molecule is C=CCNC(=O)CCNC1CCCCCC1. The molecule has 0 unspecified atom stereocenters. The van der Waals surface area contributed by atoms with Crippen LogP contribution in [0.2, 0.25) is 0 Å². The van der Waals surface area contributed by atoms with E-state index in [1.807, 2.05) is 0 Å². The van der Waals surface area contributed by atoms with E-state index in [1.54, 1.807) is 6.08 Å². The molecule has 0 aliphatic heterocycles. The van der Waals surface area contributed by atoms with E-state index in [-0.39, 0.29) is 5.91 Å². The molecule has 3 nitrogen and oxygen atoms in total. The molecule has 1 amide bonds. The molecular formula is C13H24N2O. The normalized spacial score (nSPS) is 17.8. The van der Waals surface area contributed by atoms with Crippen LogP contribution in [0.15, 0.2) is 12.7 Å². The summed E-state index contributed by atoms with van der Waals surface area (Å²) in [5.74, 6) is 0.112. The van der Waals surface area contributed by atoms with Crippen LogP contribution < -0.4 is 10.6 Å². The first-order valence-corrected chi connectivity index (χ1v) is 6.44. The van der Waals surface area contributed by atoms with Gasteiger partial charge in [-0.25, -0.2) is 0 Å². The van der Waals surface area contributed by atoms with Gasteiger partial charge in [0.1, 0.15) is 0 Å². The average Bonchev–Trinajstić information content (AvgIpc) is 2.55. The lowest BCUT2D eigenvalue weighted by Gasteiger charge is -2.15. The highest BCUT2D eigenvalue weighted by Gasteiger charge is 2.11. The Kier molecular flexibility index (Phi) is 6.90. The Balaban J connectivity index is 2.04. The summed E-state index contributed by atoms with van der Waals surface area (Å²) in [6, 6.07) is 0.634. The van der Waals surface area contributed by atoms with E-state index < -0.39 is 0 Å². The number of carbonyl (C=O) groups excluding carboxylic acids is 1. The van der Waals surface area contributed by atoms with Gasteiger partial charge in [0.2, 0.25) is 5.91 Å². The lowest BCUT2D eigenvalue weighted by molar-refractivity contribution is -0.120. The summed E-state index contributed by atoms with van der Waals surface area (Å²) in [4.78, 5) is 11.3. The lowest BCUT2D eigenvalue weighted by atomic mass is 10.1. The fourth-order valence-corrected chi connectivity index (χ4v) is 2.15. The van der Waals surface area contributed by atoms with Gasteiger partial charge in [-0.1, -0.05) is 31.8 Å². The summed E-state index contributed by atoms with van der Waals surface area (Å²) in [6.07, 6.45) is 10.2. The highest BCUT2D eigenvalue weighted by molar-refractivity contribution is 5.76. The lowest BCUT2D eigenvalue weighted by Crippen LogP contribution is -2.33. The molecule has 92 valence electrons. The molecule has 1 saturated carbocycles. The summed E-state index contributed by atoms with van der Waals surface area (Å²) >= 11 is 0. The second-order valence-electron chi connectivity index (χ2n) is 4.49. The third-order valence-electron chi connectivity index (χ3n) is 3.08. The van der Waals surface area contributed by atoms with Crippen LogP contribution in [-0.4, -0.2) is 25.0 Å². The van der Waals surface area contributed by atoms with Crippen LogP contribution in [0.1, 0.15) is 44.9 Å². The molecule has 2 N–H and O–H groups in total. The van der Waals surface area contributed by atoms with Crippen molar-refractivity contribution in [2.75, 3.05) is 13.1 Å². The fraction of sp³-hybridized carbons (Fsp3) is 0.769. The highest BCUT2D eigenvalue weighted by atomic mass is 16.1. The largest absolute Gasteiger partial charge is 0.353 e. The molecule has 1 fully saturated rings. The van der Waals surface area contributed by atoms with Crippen molar-refractivity contribution < 1.29 is 4.79 Å². The molecular weight excluding hydrogens is 200 g/mol. The van der Waals surface area contributed by atoms with Gasteiger partial charge in [-0.3, -0.25) is 4.79 Å². The fourth-order valence-electron chi connectivity index (χ4n) is 2.15. The van der Waals surface area contributed by atoms with E-state index >= 15 is 0 Å². The van der Waals surface area contributed by atoms with Gasteiger partial charge >= 0.3 is 0 Å². The highest BCUT2D eigenvalue weighted by Crippen LogP contribution is 2.16. The van der Waals surface area contributed by atoms with E-state index in [4.69, 9.17) is 0 Å². The molecule has 0 aromatic heterocycles. The van der Waals surface area contributed by atoms with Gasteiger partial charge in [-0.2, -0.15) is 0 Å². The van der Waals surface area contributed by atoms with Gasteiger partial charge in [-0.05, 0) is 12.8 Å². The number of nitrogens with one attached hydrogen (secondary N) is 2. The van der Waals surface area contributed by atoms with Crippen LogP contribution in [0, 0.1) is 0 Å². The second-order valence-corrected chi connectivity index (χ2v) is 4.49. The molecule has 16 heavy (non-hydrogen) atoms. The van der Waals surface area contributed by atoms with Crippen LogP contribution in [0.4, 0.5) is 0 Å². The monoisotopic (exact) mass is 224 g/mol. The van der Waals surface area contributed by atoms with Gasteiger partial charge in [0, 0.05) is 25.6 Å². The van der Waals surface area contributed by atoms with Crippen molar-refractivity contribution >= 4 is 5.91 Å². The molecule has 0 atom stereocenters. The van der Waals surface area contributed by atoms with Crippen molar-refractivity contribution in [3.63, 3.8) is 0 Å². The van der Waals surface area contributed by atoms with Crippen molar-refractivity contribution in [1.29, 1.82) is 0 Å². The van der Waals surface area contributed by atoms with Gasteiger partial charge in [0.05, 0.1) is 0 Å². The standard InChI is InChI=1S/C13H24N2O/c1-2-10-15-13(16)9-11-14-12-7-5-3-4-6-8-12/h2,12,14H,1,3-11H2,(H,15,16). The Morgan fingerprint density at radius 1 is 1.25 bits per heavy atom. The zero-order chi connectivity index (χ0) is 11.6. The first-order valence-electron chi connectivity index (χ1n) is 6.44. The third-order valence-corrected chi connectivity index (χ3v) is 3.08. The van der Waals surface area contributed by atoms with Gasteiger partial charge in [0.15, 0.2) is 0 Å². The van der Waals surface area contributed by atoms with E-state index in [2.05, 4.69) is 17.2 Å². The maximum absolute atomic E-state index is 11.3. The number of amides is 1. The van der Waals surface area contributed by atoms with Gasteiger partial charge in [0.25, 0.3) is 0 Å². The second kappa shape index (κ2) is 8.34. The number of hydrogen-bond acceptors (Lipinski definition) is 2. The minimum atomic E-state index is 0.112. The van der Waals surface area contributed by atoms with Crippen LogP contribution in [0.3, 0.4) is 0 Å². The maximum atomic E-state index is 11.3. The molecule has 0 aromatic rings. The van der Waals surface area contributed by atoms with Crippen LogP contribution >= 0.6 is 0 Å².